The van der Waals surface area contributed by atoms with Crippen LogP contribution in [0.1, 0.15) is 18.1 Å². The highest BCUT2D eigenvalue weighted by Crippen LogP contribution is 2.36. The van der Waals surface area contributed by atoms with Crippen LogP contribution >= 0.6 is 15.9 Å². The highest BCUT2D eigenvalue weighted by Gasteiger charge is 2.12. The van der Waals surface area contributed by atoms with Gasteiger partial charge in [0.1, 0.15) is 11.6 Å². The number of carbonyl (C=O) groups excluding carboxylic acids is 1. The molecule has 0 unspecified atom stereocenters. The number of benzene rings is 2. The van der Waals surface area contributed by atoms with Gasteiger partial charge in [-0.3, -0.25) is 4.79 Å². The molecule has 2 N–H and O–H groups in total. The Morgan fingerprint density at radius 1 is 1.35 bits per heavy atom. The number of rotatable bonds is 7. The molecule has 0 aliphatic rings. The van der Waals surface area contributed by atoms with Gasteiger partial charge in [-0.1, -0.05) is 30.3 Å². The number of hydrogen-bond acceptors (Lipinski definition) is 4. The minimum atomic E-state index is -0.439. The summed E-state index contributed by atoms with van der Waals surface area (Å²) in [5, 5.41) is 22.0. The maximum absolute atomic E-state index is 12.2. The molecule has 0 saturated carbocycles. The number of phenolic OH excluding ortho intramolecular Hbond substituents is 1. The first-order valence-electron chi connectivity index (χ1n) is 8.14. The highest BCUT2D eigenvalue weighted by molar-refractivity contribution is 9.10. The maximum atomic E-state index is 12.2. The van der Waals surface area contributed by atoms with Crippen molar-refractivity contribution in [3.63, 3.8) is 0 Å². The smallest absolute Gasteiger partial charge is 0.261 e. The Labute approximate surface area is 161 Å². The van der Waals surface area contributed by atoms with E-state index in [0.29, 0.717) is 29.6 Å². The number of ether oxygens (including phenoxy) is 1. The molecule has 6 heteroatoms. The molecule has 5 nitrogen and oxygen atoms in total. The summed E-state index contributed by atoms with van der Waals surface area (Å²) in [5.41, 5.74) is 1.67. The molecule has 2 aromatic carbocycles. The predicted octanol–water partition coefficient (Wildman–Crippen LogP) is 3.82. The van der Waals surface area contributed by atoms with Crippen LogP contribution in [0.5, 0.6) is 11.5 Å². The Hall–Kier alpha value is -2.78. The summed E-state index contributed by atoms with van der Waals surface area (Å²) in [6.07, 6.45) is 2.15. The lowest BCUT2D eigenvalue weighted by molar-refractivity contribution is -0.117. The fourth-order valence-electron chi connectivity index (χ4n) is 2.32. The normalized spacial score (nSPS) is 10.9. The number of nitrogens with zero attached hydrogens (tertiary/aromatic N) is 1. The van der Waals surface area contributed by atoms with E-state index in [0.717, 1.165) is 5.56 Å². The van der Waals surface area contributed by atoms with Crippen LogP contribution in [0.15, 0.2) is 52.5 Å². The monoisotopic (exact) mass is 414 g/mol. The predicted molar refractivity (Wildman–Crippen MR) is 104 cm³/mol. The van der Waals surface area contributed by atoms with E-state index in [4.69, 9.17) is 4.74 Å². The van der Waals surface area contributed by atoms with Crippen molar-refractivity contribution in [1.29, 1.82) is 5.26 Å². The maximum Gasteiger partial charge on any atom is 0.261 e. The largest absolute Gasteiger partial charge is 0.503 e. The van der Waals surface area contributed by atoms with Gasteiger partial charge in [-0.25, -0.2) is 0 Å². The molecule has 0 aliphatic heterocycles. The number of aromatic hydroxyl groups is 1. The summed E-state index contributed by atoms with van der Waals surface area (Å²) in [7, 11) is 0. The average Bonchev–Trinajstić information content (AvgIpc) is 2.64. The van der Waals surface area contributed by atoms with E-state index in [1.165, 1.54) is 6.08 Å². The van der Waals surface area contributed by atoms with E-state index in [-0.39, 0.29) is 17.1 Å². The molecule has 134 valence electrons. The fraction of sp³-hybridized carbons (Fsp3) is 0.200. The Kier molecular flexibility index (Phi) is 7.24. The zero-order chi connectivity index (χ0) is 18.9. The van der Waals surface area contributed by atoms with Crippen molar-refractivity contribution in [3.05, 3.63) is 63.6 Å². The third kappa shape index (κ3) is 5.36. The van der Waals surface area contributed by atoms with Gasteiger partial charge in [0.25, 0.3) is 5.91 Å². The average molecular weight is 415 g/mol. The van der Waals surface area contributed by atoms with E-state index in [2.05, 4.69) is 21.2 Å². The van der Waals surface area contributed by atoms with Crippen LogP contribution in [0, 0.1) is 11.3 Å². The first-order chi connectivity index (χ1) is 12.5. The zero-order valence-corrected chi connectivity index (χ0v) is 15.9. The van der Waals surface area contributed by atoms with Gasteiger partial charge in [0.2, 0.25) is 0 Å². The fourth-order valence-corrected chi connectivity index (χ4v) is 2.78. The lowest BCUT2D eigenvalue weighted by atomic mass is 10.1. The van der Waals surface area contributed by atoms with Crippen LogP contribution in [-0.4, -0.2) is 24.2 Å². The molecule has 26 heavy (non-hydrogen) atoms. The Bertz CT molecular complexity index is 842. The second kappa shape index (κ2) is 9.64. The van der Waals surface area contributed by atoms with Gasteiger partial charge in [0.05, 0.1) is 11.1 Å². The van der Waals surface area contributed by atoms with E-state index in [9.17, 15) is 15.2 Å². The molecule has 0 fully saturated rings. The van der Waals surface area contributed by atoms with Gasteiger partial charge in [-0.05, 0) is 58.6 Å². The quantitative estimate of drug-likeness (QED) is 0.532. The van der Waals surface area contributed by atoms with Crippen LogP contribution in [0.25, 0.3) is 6.08 Å². The van der Waals surface area contributed by atoms with Crippen LogP contribution in [0.2, 0.25) is 0 Å². The summed E-state index contributed by atoms with van der Waals surface area (Å²) >= 11 is 3.24. The van der Waals surface area contributed by atoms with Crippen LogP contribution < -0.4 is 10.1 Å². The van der Waals surface area contributed by atoms with Gasteiger partial charge in [-0.2, -0.15) is 5.26 Å². The highest BCUT2D eigenvalue weighted by atomic mass is 79.9. The molecule has 0 saturated heterocycles. The lowest BCUT2D eigenvalue weighted by Gasteiger charge is -2.09. The Balaban J connectivity index is 2.09. The van der Waals surface area contributed by atoms with E-state index in [1.807, 2.05) is 36.4 Å². The van der Waals surface area contributed by atoms with E-state index >= 15 is 0 Å². The number of nitriles is 1. The van der Waals surface area contributed by atoms with Gasteiger partial charge >= 0.3 is 0 Å². The van der Waals surface area contributed by atoms with Crippen molar-refractivity contribution >= 4 is 27.9 Å². The molecule has 0 atom stereocenters. The molecule has 0 bridgehead atoms. The molecule has 0 spiro atoms. The van der Waals surface area contributed by atoms with Crippen molar-refractivity contribution in [2.45, 2.75) is 13.3 Å². The van der Waals surface area contributed by atoms with Crippen molar-refractivity contribution in [3.8, 4) is 17.6 Å². The third-order valence-corrected chi connectivity index (χ3v) is 4.17. The number of phenols is 1. The molecule has 0 heterocycles. The van der Waals surface area contributed by atoms with Gasteiger partial charge in [0, 0.05) is 6.54 Å². The molecule has 2 rings (SSSR count). The standard InChI is InChI=1S/C20H19BrN2O3/c1-2-26-18-12-15(11-17(21)19(18)24)10-16(13-22)20(25)23-9-8-14-6-4-3-5-7-14/h3-7,10-12,24H,2,8-9H2,1H3,(H,23,25)/b16-10+. The number of carbonyl (C=O) groups is 1. The number of amides is 1. The van der Waals surface area contributed by atoms with Gasteiger partial charge in [0.15, 0.2) is 11.5 Å². The van der Waals surface area contributed by atoms with E-state index in [1.54, 1.807) is 19.1 Å². The van der Waals surface area contributed by atoms with Crippen molar-refractivity contribution in [1.82, 2.24) is 5.32 Å². The molecule has 0 aromatic heterocycles. The number of halogens is 1. The first-order valence-corrected chi connectivity index (χ1v) is 8.93. The minimum Gasteiger partial charge on any atom is -0.503 e. The van der Waals surface area contributed by atoms with Crippen LogP contribution in [0.3, 0.4) is 0 Å². The molecule has 2 aromatic rings. The van der Waals surface area contributed by atoms with E-state index < -0.39 is 5.91 Å². The number of nitrogens with one attached hydrogen (secondary N) is 1. The zero-order valence-electron chi connectivity index (χ0n) is 14.3. The summed E-state index contributed by atoms with van der Waals surface area (Å²) in [6.45, 7) is 2.63. The third-order valence-electron chi connectivity index (χ3n) is 3.57. The van der Waals surface area contributed by atoms with Gasteiger partial charge in [-0.15, -0.1) is 0 Å². The second-order valence-corrected chi connectivity index (χ2v) is 6.30. The molecule has 0 aliphatic carbocycles. The number of hydrogen-bond donors (Lipinski definition) is 2. The molecule has 1 amide bonds. The van der Waals surface area contributed by atoms with Crippen LogP contribution in [0.4, 0.5) is 0 Å². The van der Waals surface area contributed by atoms with Gasteiger partial charge < -0.3 is 15.2 Å². The Morgan fingerprint density at radius 3 is 2.73 bits per heavy atom. The summed E-state index contributed by atoms with van der Waals surface area (Å²) in [4.78, 5) is 12.2. The van der Waals surface area contributed by atoms with Crippen molar-refractivity contribution < 1.29 is 14.6 Å². The molecular formula is C20H19BrN2O3. The SMILES string of the molecule is CCOc1cc(/C=C(\C#N)C(=O)NCCc2ccccc2)cc(Br)c1O. The minimum absolute atomic E-state index is 0.0156. The topological polar surface area (TPSA) is 82.3 Å². The molecule has 0 radical (unpaired) electrons. The summed E-state index contributed by atoms with van der Waals surface area (Å²) in [5.74, 6) is -0.171. The summed E-state index contributed by atoms with van der Waals surface area (Å²) < 4.78 is 5.78. The lowest BCUT2D eigenvalue weighted by Crippen LogP contribution is -2.26. The van der Waals surface area contributed by atoms with Crippen LogP contribution in [-0.2, 0) is 11.2 Å². The van der Waals surface area contributed by atoms with Crippen molar-refractivity contribution in [2.75, 3.05) is 13.2 Å². The second-order valence-electron chi connectivity index (χ2n) is 5.44. The summed E-state index contributed by atoms with van der Waals surface area (Å²) in [6, 6.07) is 14.9. The molecular weight excluding hydrogens is 396 g/mol. The Morgan fingerprint density at radius 2 is 2.08 bits per heavy atom. The first kappa shape index (κ1) is 19.5. The van der Waals surface area contributed by atoms with Crippen molar-refractivity contribution in [2.24, 2.45) is 0 Å².